The van der Waals surface area contributed by atoms with Gasteiger partial charge in [-0.05, 0) is 30.3 Å². The number of anilines is 1. The van der Waals surface area contributed by atoms with Gasteiger partial charge in [-0.1, -0.05) is 11.6 Å². The zero-order chi connectivity index (χ0) is 13.1. The minimum absolute atomic E-state index is 0.182. The van der Waals surface area contributed by atoms with Crippen LogP contribution in [-0.2, 0) is 0 Å². The summed E-state index contributed by atoms with van der Waals surface area (Å²) in [5.41, 5.74) is 6.38. The molecule has 0 amide bonds. The van der Waals surface area contributed by atoms with Crippen molar-refractivity contribution in [2.75, 3.05) is 5.73 Å². The van der Waals surface area contributed by atoms with Crippen LogP contribution in [0.15, 0.2) is 36.4 Å². The maximum Gasteiger partial charge on any atom is 0.153 e. The lowest BCUT2D eigenvalue weighted by molar-refractivity contribution is 0.479. The molecule has 2 aromatic rings. The number of hydrogen-bond acceptors (Lipinski definition) is 3. The Bertz CT molecular complexity index is 637. The summed E-state index contributed by atoms with van der Waals surface area (Å²) < 4.78 is 18.5. The molecular formula is C13H8ClFN2O. The summed E-state index contributed by atoms with van der Waals surface area (Å²) in [5.74, 6) is 0.0403. The summed E-state index contributed by atoms with van der Waals surface area (Å²) in [7, 11) is 0. The van der Waals surface area contributed by atoms with Crippen LogP contribution in [0.2, 0.25) is 5.02 Å². The third-order valence-corrected chi connectivity index (χ3v) is 2.55. The predicted molar refractivity (Wildman–Crippen MR) is 67.1 cm³/mol. The number of hydrogen-bond donors (Lipinski definition) is 1. The lowest BCUT2D eigenvalue weighted by Crippen LogP contribution is -1.93. The van der Waals surface area contributed by atoms with Crippen LogP contribution in [0, 0.1) is 17.1 Å². The molecule has 0 saturated heterocycles. The lowest BCUT2D eigenvalue weighted by atomic mass is 10.2. The molecule has 90 valence electrons. The quantitative estimate of drug-likeness (QED) is 0.839. The number of nitrogens with two attached hydrogens (primary N) is 1. The third kappa shape index (κ3) is 2.53. The van der Waals surface area contributed by atoms with Crippen molar-refractivity contribution in [3.8, 4) is 17.6 Å². The summed E-state index contributed by atoms with van der Waals surface area (Å²) in [6.07, 6.45) is 0. The SMILES string of the molecule is N#Cc1ccc(Oc2cc(F)ccc2N)c(Cl)c1. The fourth-order valence-electron chi connectivity index (χ4n) is 1.37. The van der Waals surface area contributed by atoms with E-state index in [4.69, 9.17) is 27.3 Å². The maximum atomic E-state index is 13.1. The summed E-state index contributed by atoms with van der Waals surface area (Å²) in [6, 6.07) is 10.3. The molecular weight excluding hydrogens is 255 g/mol. The van der Waals surface area contributed by atoms with Crippen molar-refractivity contribution in [3.63, 3.8) is 0 Å². The van der Waals surface area contributed by atoms with Gasteiger partial charge in [0.2, 0.25) is 0 Å². The van der Waals surface area contributed by atoms with Crippen molar-refractivity contribution in [2.24, 2.45) is 0 Å². The monoisotopic (exact) mass is 262 g/mol. The molecule has 3 nitrogen and oxygen atoms in total. The van der Waals surface area contributed by atoms with E-state index < -0.39 is 5.82 Å². The molecule has 2 aromatic carbocycles. The number of benzene rings is 2. The average Bonchev–Trinajstić information content (AvgIpc) is 2.36. The second-order valence-electron chi connectivity index (χ2n) is 3.54. The fourth-order valence-corrected chi connectivity index (χ4v) is 1.59. The number of halogens is 2. The highest BCUT2D eigenvalue weighted by Crippen LogP contribution is 2.33. The highest BCUT2D eigenvalue weighted by atomic mass is 35.5. The van der Waals surface area contributed by atoms with Gasteiger partial charge in [-0.3, -0.25) is 0 Å². The van der Waals surface area contributed by atoms with Gasteiger partial charge in [0.15, 0.2) is 5.75 Å². The first-order chi connectivity index (χ1) is 8.60. The van der Waals surface area contributed by atoms with Gasteiger partial charge < -0.3 is 10.5 Å². The highest BCUT2D eigenvalue weighted by molar-refractivity contribution is 6.32. The molecule has 0 saturated carbocycles. The van der Waals surface area contributed by atoms with Gasteiger partial charge in [0, 0.05) is 6.07 Å². The van der Waals surface area contributed by atoms with E-state index in [1.54, 1.807) is 6.07 Å². The summed E-state index contributed by atoms with van der Waals surface area (Å²) in [4.78, 5) is 0. The van der Waals surface area contributed by atoms with Crippen LogP contribution in [0.4, 0.5) is 10.1 Å². The fraction of sp³-hybridized carbons (Fsp3) is 0. The minimum Gasteiger partial charge on any atom is -0.454 e. The van der Waals surface area contributed by atoms with Crippen LogP contribution < -0.4 is 10.5 Å². The van der Waals surface area contributed by atoms with Crippen molar-refractivity contribution in [1.29, 1.82) is 5.26 Å². The van der Waals surface area contributed by atoms with Crippen molar-refractivity contribution < 1.29 is 9.13 Å². The normalized spacial score (nSPS) is 9.83. The van der Waals surface area contributed by atoms with Crippen molar-refractivity contribution in [2.45, 2.75) is 0 Å². The summed E-state index contributed by atoms with van der Waals surface area (Å²) >= 11 is 5.94. The van der Waals surface area contributed by atoms with Crippen LogP contribution in [0.1, 0.15) is 5.56 Å². The highest BCUT2D eigenvalue weighted by Gasteiger charge is 2.08. The van der Waals surface area contributed by atoms with Crippen molar-refractivity contribution >= 4 is 17.3 Å². The first-order valence-corrected chi connectivity index (χ1v) is 5.40. The van der Waals surface area contributed by atoms with E-state index >= 15 is 0 Å². The molecule has 0 radical (unpaired) electrons. The Hall–Kier alpha value is -2.25. The second kappa shape index (κ2) is 4.94. The molecule has 18 heavy (non-hydrogen) atoms. The average molecular weight is 263 g/mol. The minimum atomic E-state index is -0.455. The summed E-state index contributed by atoms with van der Waals surface area (Å²) in [6.45, 7) is 0. The zero-order valence-electron chi connectivity index (χ0n) is 9.15. The van der Waals surface area contributed by atoms with Gasteiger partial charge in [-0.15, -0.1) is 0 Å². The molecule has 0 aliphatic heterocycles. The number of nitrogens with zero attached hydrogens (tertiary/aromatic N) is 1. The summed E-state index contributed by atoms with van der Waals surface area (Å²) in [5, 5.41) is 8.97. The second-order valence-corrected chi connectivity index (χ2v) is 3.95. The smallest absolute Gasteiger partial charge is 0.153 e. The predicted octanol–water partition coefficient (Wildman–Crippen LogP) is 3.73. The number of nitriles is 1. The molecule has 0 bridgehead atoms. The molecule has 0 atom stereocenters. The van der Waals surface area contributed by atoms with E-state index in [-0.39, 0.29) is 10.8 Å². The number of nitrogen functional groups attached to an aromatic ring is 1. The van der Waals surface area contributed by atoms with Crippen LogP contribution >= 0.6 is 11.6 Å². The van der Waals surface area contributed by atoms with Gasteiger partial charge in [-0.2, -0.15) is 5.26 Å². The van der Waals surface area contributed by atoms with Crippen LogP contribution in [-0.4, -0.2) is 0 Å². The molecule has 0 fully saturated rings. The Kier molecular flexibility index (Phi) is 3.35. The van der Waals surface area contributed by atoms with Crippen LogP contribution in [0.5, 0.6) is 11.5 Å². The third-order valence-electron chi connectivity index (χ3n) is 2.26. The Morgan fingerprint density at radius 1 is 1.17 bits per heavy atom. The molecule has 2 N–H and O–H groups in total. The molecule has 5 heteroatoms. The number of ether oxygens (including phenoxy) is 1. The Labute approximate surface area is 108 Å². The van der Waals surface area contributed by atoms with Crippen LogP contribution in [0.25, 0.3) is 0 Å². The molecule has 0 aliphatic carbocycles. The lowest BCUT2D eigenvalue weighted by Gasteiger charge is -2.09. The van der Waals surface area contributed by atoms with Gasteiger partial charge in [-0.25, -0.2) is 4.39 Å². The van der Waals surface area contributed by atoms with E-state index in [2.05, 4.69) is 0 Å². The Balaban J connectivity index is 2.34. The van der Waals surface area contributed by atoms with E-state index in [1.165, 1.54) is 30.3 Å². The molecule has 0 unspecified atom stereocenters. The van der Waals surface area contributed by atoms with Gasteiger partial charge in [0.05, 0.1) is 22.3 Å². The van der Waals surface area contributed by atoms with E-state index in [1.807, 2.05) is 6.07 Å². The largest absolute Gasteiger partial charge is 0.454 e. The Morgan fingerprint density at radius 3 is 2.61 bits per heavy atom. The molecule has 0 heterocycles. The first kappa shape index (κ1) is 12.2. The van der Waals surface area contributed by atoms with Crippen molar-refractivity contribution in [1.82, 2.24) is 0 Å². The zero-order valence-corrected chi connectivity index (χ0v) is 9.91. The standard InChI is InChI=1S/C13H8ClFN2O/c14-10-5-8(7-16)1-4-12(10)18-13-6-9(15)2-3-11(13)17/h1-6H,17H2. The van der Waals surface area contributed by atoms with Gasteiger partial charge in [0.1, 0.15) is 11.6 Å². The molecule has 0 aromatic heterocycles. The first-order valence-electron chi connectivity index (χ1n) is 5.02. The molecule has 0 spiro atoms. The topological polar surface area (TPSA) is 59.0 Å². The van der Waals surface area contributed by atoms with Crippen molar-refractivity contribution in [3.05, 3.63) is 52.8 Å². The van der Waals surface area contributed by atoms with Gasteiger partial charge >= 0.3 is 0 Å². The molecule has 2 rings (SSSR count). The van der Waals surface area contributed by atoms with E-state index in [0.717, 1.165) is 0 Å². The van der Waals surface area contributed by atoms with E-state index in [0.29, 0.717) is 17.0 Å². The maximum absolute atomic E-state index is 13.1. The molecule has 0 aliphatic rings. The number of rotatable bonds is 2. The Morgan fingerprint density at radius 2 is 1.94 bits per heavy atom. The van der Waals surface area contributed by atoms with Gasteiger partial charge in [0.25, 0.3) is 0 Å². The van der Waals surface area contributed by atoms with Crippen LogP contribution in [0.3, 0.4) is 0 Å². The van der Waals surface area contributed by atoms with E-state index in [9.17, 15) is 4.39 Å².